The van der Waals surface area contributed by atoms with E-state index in [2.05, 4.69) is 0 Å². The van der Waals surface area contributed by atoms with E-state index in [1.807, 2.05) is 18.4 Å². The number of sulfonamides is 1. The van der Waals surface area contributed by atoms with Crippen molar-refractivity contribution in [3.63, 3.8) is 0 Å². The summed E-state index contributed by atoms with van der Waals surface area (Å²) in [5.74, 6) is 0.247. The molecule has 0 N–H and O–H groups in total. The minimum Gasteiger partial charge on any atom is -0.497 e. The van der Waals surface area contributed by atoms with Gasteiger partial charge >= 0.3 is 0 Å². The fourth-order valence-electron chi connectivity index (χ4n) is 3.20. The van der Waals surface area contributed by atoms with E-state index in [1.165, 1.54) is 28.4 Å². The molecular formula is C16H18N2O5S2. The highest BCUT2D eigenvalue weighted by Crippen LogP contribution is 2.40. The Labute approximate surface area is 150 Å². The van der Waals surface area contributed by atoms with Gasteiger partial charge in [0.1, 0.15) is 5.75 Å². The Morgan fingerprint density at radius 2 is 2.16 bits per heavy atom. The summed E-state index contributed by atoms with van der Waals surface area (Å²) in [6.07, 6.45) is 1.22. The molecule has 134 valence electrons. The number of nitro benzene ring substituents is 1. The number of nitrogens with zero attached hydrogens (tertiary/aromatic N) is 2. The van der Waals surface area contributed by atoms with Crippen LogP contribution in [0.4, 0.5) is 5.69 Å². The first-order valence-corrected chi connectivity index (χ1v) is 10.1. The van der Waals surface area contributed by atoms with E-state index in [9.17, 15) is 18.5 Å². The van der Waals surface area contributed by atoms with Crippen LogP contribution in [0.1, 0.15) is 29.8 Å². The molecule has 1 aliphatic heterocycles. The van der Waals surface area contributed by atoms with Crippen LogP contribution in [0.15, 0.2) is 34.5 Å². The number of hydrogen-bond donors (Lipinski definition) is 0. The predicted molar refractivity (Wildman–Crippen MR) is 94.6 cm³/mol. The first-order chi connectivity index (χ1) is 11.9. The van der Waals surface area contributed by atoms with Crippen LogP contribution < -0.4 is 4.74 Å². The van der Waals surface area contributed by atoms with Crippen molar-refractivity contribution in [3.05, 3.63) is 50.2 Å². The van der Waals surface area contributed by atoms with Crippen molar-refractivity contribution in [3.8, 4) is 5.75 Å². The average molecular weight is 382 g/mol. The molecule has 3 rings (SSSR count). The van der Waals surface area contributed by atoms with Gasteiger partial charge < -0.3 is 4.74 Å². The molecule has 0 saturated carbocycles. The van der Waals surface area contributed by atoms with Gasteiger partial charge in [0.05, 0.1) is 24.1 Å². The van der Waals surface area contributed by atoms with Crippen molar-refractivity contribution in [2.45, 2.75) is 30.7 Å². The molecule has 1 atom stereocenters. The van der Waals surface area contributed by atoms with E-state index < -0.39 is 20.6 Å². The lowest BCUT2D eigenvalue weighted by Gasteiger charge is -2.34. The van der Waals surface area contributed by atoms with Crippen LogP contribution in [0.5, 0.6) is 5.75 Å². The first kappa shape index (κ1) is 17.8. The van der Waals surface area contributed by atoms with Crippen molar-refractivity contribution in [2.75, 3.05) is 13.7 Å². The van der Waals surface area contributed by atoms with Crippen molar-refractivity contribution in [1.29, 1.82) is 0 Å². The SMILES string of the molecule is CCC1c2ccsc2CCN1S(=O)(=O)c1ccc(OC)cc1[N+](=O)[O-]. The monoisotopic (exact) mass is 382 g/mol. The summed E-state index contributed by atoms with van der Waals surface area (Å²) in [5, 5.41) is 13.4. The summed E-state index contributed by atoms with van der Waals surface area (Å²) in [6, 6.07) is 5.47. The zero-order valence-electron chi connectivity index (χ0n) is 13.8. The van der Waals surface area contributed by atoms with Crippen LogP contribution in [0, 0.1) is 10.1 Å². The number of nitro groups is 1. The molecule has 0 saturated heterocycles. The molecule has 2 heterocycles. The number of hydrogen-bond acceptors (Lipinski definition) is 6. The molecule has 1 aliphatic rings. The number of fused-ring (bicyclic) bond motifs is 1. The number of thiophene rings is 1. The Morgan fingerprint density at radius 3 is 2.80 bits per heavy atom. The average Bonchev–Trinajstić information content (AvgIpc) is 3.08. The standard InChI is InChI=1S/C16H18N2O5S2/c1-3-13-12-7-9-24-15(12)6-8-17(13)25(21,22)16-5-4-11(23-2)10-14(16)18(19)20/h4-5,7,9-10,13H,3,6,8H2,1-2H3. The Bertz CT molecular complexity index is 907. The highest BCUT2D eigenvalue weighted by atomic mass is 32.2. The second kappa shape index (κ2) is 6.74. The number of rotatable bonds is 5. The first-order valence-electron chi connectivity index (χ1n) is 7.80. The van der Waals surface area contributed by atoms with Gasteiger partial charge in [-0.15, -0.1) is 11.3 Å². The van der Waals surface area contributed by atoms with Gasteiger partial charge in [0.15, 0.2) is 4.90 Å². The molecule has 0 fully saturated rings. The molecule has 1 unspecified atom stereocenters. The fraction of sp³-hybridized carbons (Fsp3) is 0.375. The third-order valence-electron chi connectivity index (χ3n) is 4.38. The van der Waals surface area contributed by atoms with Crippen molar-refractivity contribution >= 4 is 27.0 Å². The molecule has 25 heavy (non-hydrogen) atoms. The van der Waals surface area contributed by atoms with Gasteiger partial charge in [-0.05, 0) is 42.0 Å². The lowest BCUT2D eigenvalue weighted by molar-refractivity contribution is -0.387. The molecule has 1 aromatic heterocycles. The van der Waals surface area contributed by atoms with Crippen LogP contribution in [-0.4, -0.2) is 31.3 Å². The molecule has 0 spiro atoms. The third-order valence-corrected chi connectivity index (χ3v) is 7.33. The van der Waals surface area contributed by atoms with E-state index in [0.717, 1.165) is 11.6 Å². The maximum absolute atomic E-state index is 13.2. The summed E-state index contributed by atoms with van der Waals surface area (Å²) < 4.78 is 32.8. The number of benzene rings is 1. The summed E-state index contributed by atoms with van der Waals surface area (Å²) in [6.45, 7) is 2.24. The molecule has 2 aromatic rings. The molecule has 0 aliphatic carbocycles. The fourth-order valence-corrected chi connectivity index (χ4v) is 5.94. The summed E-state index contributed by atoms with van der Waals surface area (Å²) in [7, 11) is -2.63. The molecule has 1 aromatic carbocycles. The van der Waals surface area contributed by atoms with Gasteiger partial charge in [0, 0.05) is 11.4 Å². The highest BCUT2D eigenvalue weighted by Gasteiger charge is 2.39. The number of ether oxygens (including phenoxy) is 1. The largest absolute Gasteiger partial charge is 0.497 e. The van der Waals surface area contributed by atoms with Crippen molar-refractivity contribution in [1.82, 2.24) is 4.31 Å². The Balaban J connectivity index is 2.10. The van der Waals surface area contributed by atoms with E-state index in [1.54, 1.807) is 11.3 Å². The van der Waals surface area contributed by atoms with Gasteiger partial charge in [-0.25, -0.2) is 8.42 Å². The van der Waals surface area contributed by atoms with E-state index in [0.29, 0.717) is 19.4 Å². The summed E-state index contributed by atoms with van der Waals surface area (Å²) in [5.41, 5.74) is 0.531. The van der Waals surface area contributed by atoms with Crippen LogP contribution in [0.25, 0.3) is 0 Å². The minimum absolute atomic E-state index is 0.247. The van der Waals surface area contributed by atoms with Gasteiger partial charge in [0.25, 0.3) is 5.69 Å². The van der Waals surface area contributed by atoms with Gasteiger partial charge in [-0.1, -0.05) is 6.92 Å². The van der Waals surface area contributed by atoms with Crippen molar-refractivity contribution in [2.24, 2.45) is 0 Å². The van der Waals surface area contributed by atoms with Gasteiger partial charge in [-0.3, -0.25) is 10.1 Å². The predicted octanol–water partition coefficient (Wildman–Crippen LogP) is 3.36. The Kier molecular flexibility index (Phi) is 4.81. The van der Waals surface area contributed by atoms with Crippen LogP contribution >= 0.6 is 11.3 Å². The van der Waals surface area contributed by atoms with E-state index in [-0.39, 0.29) is 16.7 Å². The normalized spacial score (nSPS) is 17.9. The third kappa shape index (κ3) is 3.03. The maximum Gasteiger partial charge on any atom is 0.293 e. The second-order valence-electron chi connectivity index (χ2n) is 5.68. The van der Waals surface area contributed by atoms with Crippen LogP contribution in [0.2, 0.25) is 0 Å². The van der Waals surface area contributed by atoms with Crippen molar-refractivity contribution < 1.29 is 18.1 Å². The highest BCUT2D eigenvalue weighted by molar-refractivity contribution is 7.89. The molecule has 9 heteroatoms. The van der Waals surface area contributed by atoms with Crippen LogP contribution in [-0.2, 0) is 16.4 Å². The molecule has 0 amide bonds. The molecule has 7 nitrogen and oxygen atoms in total. The molecular weight excluding hydrogens is 364 g/mol. The molecule has 0 radical (unpaired) electrons. The quantitative estimate of drug-likeness (QED) is 0.584. The van der Waals surface area contributed by atoms with Gasteiger partial charge in [-0.2, -0.15) is 4.31 Å². The maximum atomic E-state index is 13.2. The molecule has 0 bridgehead atoms. The number of methoxy groups -OCH3 is 1. The topological polar surface area (TPSA) is 89.8 Å². The second-order valence-corrected chi connectivity index (χ2v) is 8.54. The van der Waals surface area contributed by atoms with E-state index in [4.69, 9.17) is 4.74 Å². The Hall–Kier alpha value is -1.97. The summed E-state index contributed by atoms with van der Waals surface area (Å²) >= 11 is 1.62. The lowest BCUT2D eigenvalue weighted by atomic mass is 10.0. The summed E-state index contributed by atoms with van der Waals surface area (Å²) in [4.78, 5) is 11.6. The minimum atomic E-state index is -4.00. The zero-order chi connectivity index (χ0) is 18.2. The van der Waals surface area contributed by atoms with E-state index >= 15 is 0 Å². The Morgan fingerprint density at radius 1 is 1.40 bits per heavy atom. The lowest BCUT2D eigenvalue weighted by Crippen LogP contribution is -2.39. The van der Waals surface area contributed by atoms with Crippen LogP contribution in [0.3, 0.4) is 0 Å². The zero-order valence-corrected chi connectivity index (χ0v) is 15.5. The van der Waals surface area contributed by atoms with Gasteiger partial charge in [0.2, 0.25) is 10.0 Å². The smallest absolute Gasteiger partial charge is 0.293 e.